The number of nitrogens with zero attached hydrogens (tertiary/aromatic N) is 2. The van der Waals surface area contributed by atoms with Crippen molar-refractivity contribution in [3.05, 3.63) is 29.3 Å². The fourth-order valence-corrected chi connectivity index (χ4v) is 4.06. The number of amides is 1. The van der Waals surface area contributed by atoms with Crippen LogP contribution in [0.1, 0.15) is 19.3 Å². The molecule has 1 aromatic carbocycles. The van der Waals surface area contributed by atoms with Crippen LogP contribution < -0.4 is 4.90 Å². The second kappa shape index (κ2) is 8.52. The first kappa shape index (κ1) is 19.5. The van der Waals surface area contributed by atoms with Gasteiger partial charge in [-0.2, -0.15) is 0 Å². The first-order valence-corrected chi connectivity index (χ1v) is 10.7. The standard InChI is InChI=1S/C16H22Cl2N2O3S/c1-24(22,23)19-10-6-13(7-11-19)16(21)20(9-3-8-17)15-5-2-4-14(18)12-15/h2,4-5,12-13H,3,6-11H2,1H3. The molecule has 0 unspecified atom stereocenters. The van der Waals surface area contributed by atoms with Crippen LogP contribution in [0.4, 0.5) is 5.69 Å². The van der Waals surface area contributed by atoms with E-state index in [9.17, 15) is 13.2 Å². The van der Waals surface area contributed by atoms with E-state index in [2.05, 4.69) is 0 Å². The molecular formula is C16H22Cl2N2O3S. The number of hydrogen-bond donors (Lipinski definition) is 0. The number of alkyl halides is 1. The van der Waals surface area contributed by atoms with Gasteiger partial charge in [-0.1, -0.05) is 17.7 Å². The quantitative estimate of drug-likeness (QED) is 0.699. The molecule has 0 saturated carbocycles. The molecule has 134 valence electrons. The highest BCUT2D eigenvalue weighted by Gasteiger charge is 2.31. The molecule has 0 bridgehead atoms. The third-order valence-electron chi connectivity index (χ3n) is 4.17. The van der Waals surface area contributed by atoms with E-state index in [1.807, 2.05) is 12.1 Å². The van der Waals surface area contributed by atoms with Gasteiger partial charge < -0.3 is 4.90 Å². The Balaban J connectivity index is 2.11. The normalized spacial score (nSPS) is 17.0. The lowest BCUT2D eigenvalue weighted by Crippen LogP contribution is -2.44. The number of anilines is 1. The summed E-state index contributed by atoms with van der Waals surface area (Å²) < 4.78 is 24.6. The zero-order chi connectivity index (χ0) is 17.7. The maximum atomic E-state index is 12.9. The van der Waals surface area contributed by atoms with Gasteiger partial charge in [0.1, 0.15) is 0 Å². The number of rotatable bonds is 6. The Labute approximate surface area is 153 Å². The highest BCUT2D eigenvalue weighted by molar-refractivity contribution is 7.88. The van der Waals surface area contributed by atoms with Crippen molar-refractivity contribution in [1.29, 1.82) is 0 Å². The van der Waals surface area contributed by atoms with Gasteiger partial charge in [-0.25, -0.2) is 12.7 Å². The Bertz CT molecular complexity index is 674. The van der Waals surface area contributed by atoms with Gasteiger partial charge in [0.2, 0.25) is 15.9 Å². The Morgan fingerprint density at radius 1 is 1.33 bits per heavy atom. The van der Waals surface area contributed by atoms with Gasteiger partial charge >= 0.3 is 0 Å². The van der Waals surface area contributed by atoms with Gasteiger partial charge in [0.15, 0.2) is 0 Å². The van der Waals surface area contributed by atoms with E-state index in [4.69, 9.17) is 23.2 Å². The van der Waals surface area contributed by atoms with Gasteiger partial charge in [-0.05, 0) is 37.5 Å². The molecular weight excluding hydrogens is 371 g/mol. The summed E-state index contributed by atoms with van der Waals surface area (Å²) in [5.74, 6) is 0.296. The zero-order valence-corrected chi connectivity index (χ0v) is 15.9. The van der Waals surface area contributed by atoms with Crippen LogP contribution in [0.3, 0.4) is 0 Å². The van der Waals surface area contributed by atoms with Crippen LogP contribution in [0.25, 0.3) is 0 Å². The lowest BCUT2D eigenvalue weighted by atomic mass is 9.96. The smallest absolute Gasteiger partial charge is 0.230 e. The molecule has 0 atom stereocenters. The lowest BCUT2D eigenvalue weighted by Gasteiger charge is -2.33. The summed E-state index contributed by atoms with van der Waals surface area (Å²) >= 11 is 11.8. The Morgan fingerprint density at radius 2 is 2.00 bits per heavy atom. The number of sulfonamides is 1. The van der Waals surface area contributed by atoms with Crippen molar-refractivity contribution in [2.75, 3.05) is 36.7 Å². The predicted molar refractivity (Wildman–Crippen MR) is 98.3 cm³/mol. The molecule has 1 fully saturated rings. The minimum atomic E-state index is -3.19. The molecule has 0 N–H and O–H groups in total. The minimum Gasteiger partial charge on any atom is -0.312 e. The molecule has 8 heteroatoms. The predicted octanol–water partition coefficient (Wildman–Crippen LogP) is 2.97. The molecule has 24 heavy (non-hydrogen) atoms. The van der Waals surface area contributed by atoms with Crippen LogP contribution in [0, 0.1) is 5.92 Å². The van der Waals surface area contributed by atoms with E-state index >= 15 is 0 Å². The van der Waals surface area contributed by atoms with E-state index < -0.39 is 10.0 Å². The number of carbonyl (C=O) groups is 1. The van der Waals surface area contributed by atoms with Crippen LogP contribution in [0.5, 0.6) is 0 Å². The molecule has 1 aromatic rings. The maximum Gasteiger partial charge on any atom is 0.230 e. The highest BCUT2D eigenvalue weighted by Crippen LogP contribution is 2.26. The molecule has 0 spiro atoms. The topological polar surface area (TPSA) is 57.7 Å². The third-order valence-corrected chi connectivity index (χ3v) is 5.98. The molecule has 0 aromatic heterocycles. The van der Waals surface area contributed by atoms with E-state index in [1.54, 1.807) is 17.0 Å². The molecule has 1 aliphatic rings. The van der Waals surface area contributed by atoms with Crippen LogP contribution in [-0.4, -0.2) is 50.4 Å². The molecule has 0 radical (unpaired) electrons. The largest absolute Gasteiger partial charge is 0.312 e. The summed E-state index contributed by atoms with van der Waals surface area (Å²) in [7, 11) is -3.19. The maximum absolute atomic E-state index is 12.9. The van der Waals surface area contributed by atoms with Gasteiger partial charge in [0, 0.05) is 42.1 Å². The van der Waals surface area contributed by atoms with Crippen molar-refractivity contribution in [3.63, 3.8) is 0 Å². The summed E-state index contributed by atoms with van der Waals surface area (Å²) in [5, 5.41) is 0.572. The monoisotopic (exact) mass is 392 g/mol. The Morgan fingerprint density at radius 3 is 2.54 bits per heavy atom. The number of hydrogen-bond acceptors (Lipinski definition) is 3. The summed E-state index contributed by atoms with van der Waals surface area (Å²) in [6.45, 7) is 1.29. The first-order valence-electron chi connectivity index (χ1n) is 7.91. The van der Waals surface area contributed by atoms with Crippen LogP contribution in [0.15, 0.2) is 24.3 Å². The van der Waals surface area contributed by atoms with Gasteiger partial charge in [-0.3, -0.25) is 4.79 Å². The summed E-state index contributed by atoms with van der Waals surface area (Å²) in [5.41, 5.74) is 0.753. The minimum absolute atomic E-state index is 0.00975. The number of benzene rings is 1. The van der Waals surface area contributed by atoms with E-state index in [0.717, 1.165) is 5.69 Å². The second-order valence-electron chi connectivity index (χ2n) is 5.95. The van der Waals surface area contributed by atoms with Crippen molar-refractivity contribution < 1.29 is 13.2 Å². The molecule has 1 aliphatic heterocycles. The lowest BCUT2D eigenvalue weighted by molar-refractivity contribution is -0.123. The average molecular weight is 393 g/mol. The number of carbonyl (C=O) groups excluding carboxylic acids is 1. The fraction of sp³-hybridized carbons (Fsp3) is 0.562. The molecule has 0 aliphatic carbocycles. The van der Waals surface area contributed by atoms with E-state index in [0.29, 0.717) is 49.8 Å². The van der Waals surface area contributed by atoms with Crippen molar-refractivity contribution in [3.8, 4) is 0 Å². The second-order valence-corrected chi connectivity index (χ2v) is 8.75. The molecule has 2 rings (SSSR count). The van der Waals surface area contributed by atoms with Crippen molar-refractivity contribution >= 4 is 44.8 Å². The first-order chi connectivity index (χ1) is 11.3. The zero-order valence-electron chi connectivity index (χ0n) is 13.6. The molecule has 1 amide bonds. The van der Waals surface area contributed by atoms with E-state index in [1.165, 1.54) is 10.6 Å². The SMILES string of the molecule is CS(=O)(=O)N1CCC(C(=O)N(CCCCl)c2cccc(Cl)c2)CC1. The summed E-state index contributed by atoms with van der Waals surface area (Å²) in [4.78, 5) is 14.7. The fourth-order valence-electron chi connectivity index (χ4n) is 2.88. The van der Waals surface area contributed by atoms with Gasteiger partial charge in [0.05, 0.1) is 6.26 Å². The number of halogens is 2. The van der Waals surface area contributed by atoms with Crippen LogP contribution >= 0.6 is 23.2 Å². The third kappa shape index (κ3) is 5.09. The summed E-state index contributed by atoms with van der Waals surface area (Å²) in [6, 6.07) is 7.19. The Kier molecular flexibility index (Phi) is 6.92. The average Bonchev–Trinajstić information content (AvgIpc) is 2.54. The van der Waals surface area contributed by atoms with E-state index in [-0.39, 0.29) is 11.8 Å². The molecule has 1 heterocycles. The summed E-state index contributed by atoms with van der Waals surface area (Å²) in [6.07, 6.45) is 2.95. The molecule has 5 nitrogen and oxygen atoms in total. The van der Waals surface area contributed by atoms with Crippen molar-refractivity contribution in [1.82, 2.24) is 4.31 Å². The van der Waals surface area contributed by atoms with Crippen LogP contribution in [0.2, 0.25) is 5.02 Å². The highest BCUT2D eigenvalue weighted by atomic mass is 35.5. The van der Waals surface area contributed by atoms with Crippen molar-refractivity contribution in [2.24, 2.45) is 5.92 Å². The van der Waals surface area contributed by atoms with Gasteiger partial charge in [0.25, 0.3) is 0 Å². The Hall–Kier alpha value is -0.820. The van der Waals surface area contributed by atoms with Crippen molar-refractivity contribution in [2.45, 2.75) is 19.3 Å². The van der Waals surface area contributed by atoms with Crippen LogP contribution in [-0.2, 0) is 14.8 Å². The van der Waals surface area contributed by atoms with Gasteiger partial charge in [-0.15, -0.1) is 11.6 Å². The molecule has 1 saturated heterocycles. The number of piperidine rings is 1.